The maximum absolute atomic E-state index is 11.5. The van der Waals surface area contributed by atoms with Gasteiger partial charge in [0.15, 0.2) is 0 Å². The van der Waals surface area contributed by atoms with Crippen molar-refractivity contribution in [3.05, 3.63) is 47.3 Å². The SMILES string of the molecule is C=CCn1c(N)nc(=O)c2ccccc21. The topological polar surface area (TPSA) is 60.9 Å². The predicted octanol–water partition coefficient (Wildman–Crippen LogP) is 1.16. The van der Waals surface area contributed by atoms with Crippen LogP contribution in [0.4, 0.5) is 5.95 Å². The van der Waals surface area contributed by atoms with Gasteiger partial charge in [0.2, 0.25) is 5.95 Å². The second-order valence-electron chi connectivity index (χ2n) is 3.19. The average molecular weight is 201 g/mol. The van der Waals surface area contributed by atoms with Crippen molar-refractivity contribution in [2.45, 2.75) is 6.54 Å². The summed E-state index contributed by atoms with van der Waals surface area (Å²) in [5.41, 5.74) is 6.18. The average Bonchev–Trinajstić information content (AvgIpc) is 2.24. The fourth-order valence-corrected chi connectivity index (χ4v) is 1.56. The van der Waals surface area contributed by atoms with Crippen LogP contribution in [0.25, 0.3) is 10.9 Å². The van der Waals surface area contributed by atoms with Crippen molar-refractivity contribution in [1.82, 2.24) is 9.55 Å². The lowest BCUT2D eigenvalue weighted by Crippen LogP contribution is -2.17. The molecule has 0 amide bonds. The zero-order chi connectivity index (χ0) is 10.8. The Bertz CT molecular complexity index is 572. The molecule has 2 rings (SSSR count). The molecule has 0 radical (unpaired) electrons. The van der Waals surface area contributed by atoms with Gasteiger partial charge in [-0.05, 0) is 12.1 Å². The van der Waals surface area contributed by atoms with Gasteiger partial charge in [-0.15, -0.1) is 6.58 Å². The van der Waals surface area contributed by atoms with Crippen LogP contribution in [0.1, 0.15) is 0 Å². The molecular formula is C11H11N3O. The third-order valence-electron chi connectivity index (χ3n) is 2.23. The van der Waals surface area contributed by atoms with Gasteiger partial charge in [0.1, 0.15) is 0 Å². The number of hydrogen-bond donors (Lipinski definition) is 1. The number of fused-ring (bicyclic) bond motifs is 1. The Hall–Kier alpha value is -2.10. The van der Waals surface area contributed by atoms with Gasteiger partial charge >= 0.3 is 0 Å². The fourth-order valence-electron chi connectivity index (χ4n) is 1.56. The summed E-state index contributed by atoms with van der Waals surface area (Å²) in [6.07, 6.45) is 1.72. The number of nitrogens with two attached hydrogens (primary N) is 1. The molecule has 0 spiro atoms. The Labute approximate surface area is 86.7 Å². The molecule has 76 valence electrons. The molecule has 4 nitrogen and oxygen atoms in total. The molecule has 0 saturated heterocycles. The molecular weight excluding hydrogens is 190 g/mol. The number of hydrogen-bond acceptors (Lipinski definition) is 3. The Kier molecular flexibility index (Phi) is 2.25. The van der Waals surface area contributed by atoms with E-state index in [2.05, 4.69) is 11.6 Å². The number of aromatic nitrogens is 2. The fraction of sp³-hybridized carbons (Fsp3) is 0.0909. The Morgan fingerprint density at radius 1 is 1.47 bits per heavy atom. The standard InChI is InChI=1S/C11H11N3O/c1-2-7-14-9-6-4-3-5-8(9)10(15)13-11(14)12/h2-6H,1,7H2,(H2,12,13,15). The van der Waals surface area contributed by atoms with Gasteiger partial charge in [0, 0.05) is 6.54 Å². The number of nitrogen functional groups attached to an aromatic ring is 1. The molecule has 0 atom stereocenters. The van der Waals surface area contributed by atoms with Gasteiger partial charge in [0.25, 0.3) is 5.56 Å². The van der Waals surface area contributed by atoms with E-state index in [9.17, 15) is 4.79 Å². The number of allylic oxidation sites excluding steroid dienone is 1. The number of anilines is 1. The number of para-hydroxylation sites is 1. The van der Waals surface area contributed by atoms with Crippen LogP contribution in [0.3, 0.4) is 0 Å². The van der Waals surface area contributed by atoms with Crippen LogP contribution in [-0.4, -0.2) is 9.55 Å². The smallest absolute Gasteiger partial charge is 0.282 e. The highest BCUT2D eigenvalue weighted by Gasteiger charge is 2.05. The summed E-state index contributed by atoms with van der Waals surface area (Å²) < 4.78 is 1.75. The molecule has 0 fully saturated rings. The Morgan fingerprint density at radius 3 is 2.93 bits per heavy atom. The molecule has 2 aromatic rings. The van der Waals surface area contributed by atoms with E-state index < -0.39 is 0 Å². The van der Waals surface area contributed by atoms with Crippen molar-refractivity contribution >= 4 is 16.9 Å². The lowest BCUT2D eigenvalue weighted by Gasteiger charge is -2.10. The van der Waals surface area contributed by atoms with Crippen LogP contribution in [0.5, 0.6) is 0 Å². The van der Waals surface area contributed by atoms with E-state index in [-0.39, 0.29) is 11.5 Å². The zero-order valence-electron chi connectivity index (χ0n) is 8.18. The zero-order valence-corrected chi connectivity index (χ0v) is 8.18. The Morgan fingerprint density at radius 2 is 2.20 bits per heavy atom. The first-order chi connectivity index (χ1) is 7.24. The van der Waals surface area contributed by atoms with Crippen LogP contribution in [0, 0.1) is 0 Å². The van der Waals surface area contributed by atoms with Gasteiger partial charge in [-0.1, -0.05) is 18.2 Å². The highest BCUT2D eigenvalue weighted by molar-refractivity contribution is 5.79. The van der Waals surface area contributed by atoms with Crippen LogP contribution in [0.2, 0.25) is 0 Å². The second kappa shape index (κ2) is 3.57. The maximum atomic E-state index is 11.5. The minimum absolute atomic E-state index is 0.221. The first-order valence-electron chi connectivity index (χ1n) is 4.60. The van der Waals surface area contributed by atoms with E-state index in [1.807, 2.05) is 12.1 Å². The summed E-state index contributed by atoms with van der Waals surface area (Å²) >= 11 is 0. The van der Waals surface area contributed by atoms with E-state index in [1.54, 1.807) is 22.8 Å². The normalized spacial score (nSPS) is 10.4. The predicted molar refractivity (Wildman–Crippen MR) is 60.6 cm³/mol. The molecule has 2 N–H and O–H groups in total. The summed E-state index contributed by atoms with van der Waals surface area (Å²) in [4.78, 5) is 15.3. The van der Waals surface area contributed by atoms with E-state index in [0.29, 0.717) is 11.9 Å². The summed E-state index contributed by atoms with van der Waals surface area (Å²) in [6.45, 7) is 4.19. The maximum Gasteiger partial charge on any atom is 0.282 e. The van der Waals surface area contributed by atoms with E-state index in [4.69, 9.17) is 5.73 Å². The van der Waals surface area contributed by atoms with Gasteiger partial charge in [-0.25, -0.2) is 0 Å². The number of benzene rings is 1. The van der Waals surface area contributed by atoms with Crippen molar-refractivity contribution in [3.63, 3.8) is 0 Å². The van der Waals surface area contributed by atoms with Crippen molar-refractivity contribution < 1.29 is 0 Å². The molecule has 4 heteroatoms. The third kappa shape index (κ3) is 1.50. The molecule has 1 heterocycles. The summed E-state index contributed by atoms with van der Waals surface area (Å²) in [5, 5.41) is 0.577. The molecule has 0 bridgehead atoms. The van der Waals surface area contributed by atoms with Crippen LogP contribution < -0.4 is 11.3 Å². The van der Waals surface area contributed by atoms with Gasteiger partial charge in [-0.3, -0.25) is 4.79 Å². The van der Waals surface area contributed by atoms with Crippen molar-refractivity contribution in [2.24, 2.45) is 0 Å². The highest BCUT2D eigenvalue weighted by atomic mass is 16.1. The number of nitrogens with zero attached hydrogens (tertiary/aromatic N) is 2. The Balaban J connectivity index is 2.89. The molecule has 0 aliphatic carbocycles. The molecule has 1 aromatic heterocycles. The van der Waals surface area contributed by atoms with E-state index in [1.165, 1.54) is 0 Å². The minimum atomic E-state index is -0.289. The lowest BCUT2D eigenvalue weighted by molar-refractivity contribution is 0.838. The van der Waals surface area contributed by atoms with Crippen LogP contribution >= 0.6 is 0 Å². The van der Waals surface area contributed by atoms with Crippen molar-refractivity contribution in [2.75, 3.05) is 5.73 Å². The van der Waals surface area contributed by atoms with Gasteiger partial charge in [0.05, 0.1) is 10.9 Å². The van der Waals surface area contributed by atoms with E-state index in [0.717, 1.165) is 5.52 Å². The first kappa shape index (κ1) is 9.45. The molecule has 0 aliphatic heterocycles. The largest absolute Gasteiger partial charge is 0.369 e. The molecule has 1 aromatic carbocycles. The molecule has 0 aliphatic rings. The summed E-state index contributed by atoms with van der Waals surface area (Å²) in [5.74, 6) is 0.221. The van der Waals surface area contributed by atoms with Crippen LogP contribution in [-0.2, 0) is 6.54 Å². The van der Waals surface area contributed by atoms with Crippen LogP contribution in [0.15, 0.2) is 41.7 Å². The van der Waals surface area contributed by atoms with Gasteiger partial charge in [-0.2, -0.15) is 4.98 Å². The minimum Gasteiger partial charge on any atom is -0.369 e. The number of rotatable bonds is 2. The van der Waals surface area contributed by atoms with Gasteiger partial charge < -0.3 is 10.3 Å². The second-order valence-corrected chi connectivity index (χ2v) is 3.19. The lowest BCUT2D eigenvalue weighted by atomic mass is 10.2. The highest BCUT2D eigenvalue weighted by Crippen LogP contribution is 2.11. The summed E-state index contributed by atoms with van der Waals surface area (Å²) in [7, 11) is 0. The quantitative estimate of drug-likeness (QED) is 0.742. The third-order valence-corrected chi connectivity index (χ3v) is 2.23. The van der Waals surface area contributed by atoms with Crippen molar-refractivity contribution in [3.8, 4) is 0 Å². The first-order valence-corrected chi connectivity index (χ1v) is 4.60. The summed E-state index contributed by atoms with van der Waals surface area (Å²) in [6, 6.07) is 7.25. The van der Waals surface area contributed by atoms with Crippen molar-refractivity contribution in [1.29, 1.82) is 0 Å². The molecule has 15 heavy (non-hydrogen) atoms. The molecule has 0 unspecified atom stereocenters. The monoisotopic (exact) mass is 201 g/mol. The molecule has 0 saturated carbocycles. The van der Waals surface area contributed by atoms with E-state index >= 15 is 0 Å².